The highest BCUT2D eigenvalue weighted by Crippen LogP contribution is 2.29. The van der Waals surface area contributed by atoms with E-state index in [0.29, 0.717) is 0 Å². The number of carboxylic acid groups (broad SMARTS) is 1. The Bertz CT molecular complexity index is 417. The first-order chi connectivity index (χ1) is 7.61. The minimum Gasteiger partial charge on any atom is -0.480 e. The van der Waals surface area contributed by atoms with Crippen molar-refractivity contribution in [1.29, 1.82) is 0 Å². The van der Waals surface area contributed by atoms with Gasteiger partial charge in [0.2, 0.25) is 0 Å². The predicted octanol–water partition coefficient (Wildman–Crippen LogP) is 1.48. The summed E-state index contributed by atoms with van der Waals surface area (Å²) in [5, 5.41) is 9.00. The van der Waals surface area contributed by atoms with Crippen LogP contribution in [-0.2, 0) is 17.6 Å². The van der Waals surface area contributed by atoms with Crippen LogP contribution in [0.15, 0.2) is 12.3 Å². The first kappa shape index (κ1) is 10.9. The maximum Gasteiger partial charge on any atom is 0.326 e. The van der Waals surface area contributed by atoms with Crippen molar-refractivity contribution in [2.24, 2.45) is 0 Å². The van der Waals surface area contributed by atoms with E-state index in [1.54, 1.807) is 13.1 Å². The summed E-state index contributed by atoms with van der Waals surface area (Å²) < 4.78 is 0. The van der Waals surface area contributed by atoms with Gasteiger partial charge < -0.3 is 10.0 Å². The van der Waals surface area contributed by atoms with Gasteiger partial charge in [0.25, 0.3) is 0 Å². The highest BCUT2D eigenvalue weighted by atomic mass is 16.4. The largest absolute Gasteiger partial charge is 0.480 e. The van der Waals surface area contributed by atoms with Gasteiger partial charge >= 0.3 is 5.97 Å². The molecule has 0 saturated heterocycles. The second-order valence-electron chi connectivity index (χ2n) is 4.23. The Hall–Kier alpha value is -1.58. The molecule has 0 bridgehead atoms. The van der Waals surface area contributed by atoms with E-state index in [1.165, 1.54) is 5.56 Å². The van der Waals surface area contributed by atoms with Gasteiger partial charge in [-0.2, -0.15) is 0 Å². The molecule has 0 amide bonds. The first-order valence-electron chi connectivity index (χ1n) is 5.53. The number of carboxylic acids is 1. The molecule has 1 heterocycles. The number of nitrogens with zero attached hydrogens (tertiary/aromatic N) is 2. The average Bonchev–Trinajstić information content (AvgIpc) is 2.74. The monoisotopic (exact) mass is 220 g/mol. The molecule has 1 atom stereocenters. The van der Waals surface area contributed by atoms with Gasteiger partial charge in [0, 0.05) is 24.6 Å². The standard InChI is InChI=1S/C12H16N2O2/c1-8(12(15)16)14(2)11-6-7-13-10-5-3-4-9(10)11/h6-8H,3-5H2,1-2H3,(H,15,16). The van der Waals surface area contributed by atoms with Crippen LogP contribution < -0.4 is 4.90 Å². The quantitative estimate of drug-likeness (QED) is 0.838. The van der Waals surface area contributed by atoms with E-state index in [0.717, 1.165) is 30.6 Å². The van der Waals surface area contributed by atoms with Gasteiger partial charge in [-0.3, -0.25) is 4.98 Å². The van der Waals surface area contributed by atoms with Gasteiger partial charge in [-0.15, -0.1) is 0 Å². The Labute approximate surface area is 94.9 Å². The molecule has 0 spiro atoms. The number of aliphatic carboxylic acids is 1. The molecule has 0 radical (unpaired) electrons. The van der Waals surface area contributed by atoms with Gasteiger partial charge in [0.1, 0.15) is 6.04 Å². The number of fused-ring (bicyclic) bond motifs is 1. The van der Waals surface area contributed by atoms with Crippen LogP contribution in [0.4, 0.5) is 5.69 Å². The molecule has 1 unspecified atom stereocenters. The lowest BCUT2D eigenvalue weighted by Crippen LogP contribution is -2.36. The van der Waals surface area contributed by atoms with E-state index in [1.807, 2.05) is 18.0 Å². The van der Waals surface area contributed by atoms with Crippen molar-refractivity contribution in [3.05, 3.63) is 23.5 Å². The molecule has 86 valence electrons. The van der Waals surface area contributed by atoms with E-state index in [2.05, 4.69) is 4.98 Å². The van der Waals surface area contributed by atoms with E-state index in [4.69, 9.17) is 5.11 Å². The molecule has 1 N–H and O–H groups in total. The number of likely N-dealkylation sites (N-methyl/N-ethyl adjacent to an activating group) is 1. The summed E-state index contributed by atoms with van der Waals surface area (Å²) in [4.78, 5) is 17.1. The predicted molar refractivity (Wildman–Crippen MR) is 61.8 cm³/mol. The van der Waals surface area contributed by atoms with Crippen molar-refractivity contribution in [2.45, 2.75) is 32.2 Å². The molecule has 1 aliphatic rings. The summed E-state index contributed by atoms with van der Waals surface area (Å²) >= 11 is 0. The van der Waals surface area contributed by atoms with Crippen molar-refractivity contribution in [1.82, 2.24) is 4.98 Å². The minimum atomic E-state index is -0.800. The third-order valence-corrected chi connectivity index (χ3v) is 3.28. The second kappa shape index (κ2) is 4.12. The van der Waals surface area contributed by atoms with Crippen molar-refractivity contribution >= 4 is 11.7 Å². The smallest absolute Gasteiger partial charge is 0.326 e. The fraction of sp³-hybridized carbons (Fsp3) is 0.500. The van der Waals surface area contributed by atoms with Crippen molar-refractivity contribution < 1.29 is 9.90 Å². The summed E-state index contributed by atoms with van der Waals surface area (Å²) in [7, 11) is 1.83. The lowest BCUT2D eigenvalue weighted by atomic mass is 10.1. The van der Waals surface area contributed by atoms with Crippen LogP contribution in [0.5, 0.6) is 0 Å². The number of aromatic nitrogens is 1. The molecule has 0 saturated carbocycles. The van der Waals surface area contributed by atoms with E-state index in [-0.39, 0.29) is 0 Å². The molecule has 4 nitrogen and oxygen atoms in total. The van der Waals surface area contributed by atoms with Crippen LogP contribution in [0.3, 0.4) is 0 Å². The molecule has 0 fully saturated rings. The number of carbonyl (C=O) groups is 1. The van der Waals surface area contributed by atoms with Gasteiger partial charge in [0.05, 0.1) is 0 Å². The van der Waals surface area contributed by atoms with Gasteiger partial charge in [-0.05, 0) is 37.8 Å². The number of anilines is 1. The zero-order valence-corrected chi connectivity index (χ0v) is 9.60. The Morgan fingerprint density at radius 2 is 2.31 bits per heavy atom. The number of hydrogen-bond donors (Lipinski definition) is 1. The summed E-state index contributed by atoms with van der Waals surface area (Å²) in [5.74, 6) is -0.800. The van der Waals surface area contributed by atoms with Crippen LogP contribution in [-0.4, -0.2) is 29.1 Å². The molecule has 16 heavy (non-hydrogen) atoms. The van der Waals surface area contributed by atoms with Crippen LogP contribution in [0.2, 0.25) is 0 Å². The Morgan fingerprint density at radius 1 is 1.56 bits per heavy atom. The molecule has 1 aliphatic carbocycles. The third kappa shape index (κ3) is 1.75. The lowest BCUT2D eigenvalue weighted by molar-refractivity contribution is -0.138. The van der Waals surface area contributed by atoms with E-state index in [9.17, 15) is 4.79 Å². The van der Waals surface area contributed by atoms with Gasteiger partial charge in [-0.25, -0.2) is 4.79 Å². The molecule has 4 heteroatoms. The Kier molecular flexibility index (Phi) is 2.81. The highest BCUT2D eigenvalue weighted by Gasteiger charge is 2.23. The van der Waals surface area contributed by atoms with E-state index < -0.39 is 12.0 Å². The molecule has 0 aromatic carbocycles. The van der Waals surface area contributed by atoms with Crippen molar-refractivity contribution in [2.75, 3.05) is 11.9 Å². The average molecular weight is 220 g/mol. The zero-order chi connectivity index (χ0) is 11.7. The van der Waals surface area contributed by atoms with Crippen molar-refractivity contribution in [3.8, 4) is 0 Å². The topological polar surface area (TPSA) is 53.4 Å². The number of hydrogen-bond acceptors (Lipinski definition) is 3. The normalized spacial score (nSPS) is 15.6. The molecular weight excluding hydrogens is 204 g/mol. The summed E-state index contributed by atoms with van der Waals surface area (Å²) in [6.45, 7) is 1.70. The Balaban J connectivity index is 2.34. The summed E-state index contributed by atoms with van der Waals surface area (Å²) in [5.41, 5.74) is 3.36. The first-order valence-corrected chi connectivity index (χ1v) is 5.53. The van der Waals surface area contributed by atoms with Crippen LogP contribution in [0, 0.1) is 0 Å². The molecule has 2 rings (SSSR count). The summed E-state index contributed by atoms with van der Waals surface area (Å²) in [6.07, 6.45) is 4.91. The van der Waals surface area contributed by atoms with Gasteiger partial charge in [-0.1, -0.05) is 0 Å². The maximum atomic E-state index is 11.0. The Morgan fingerprint density at radius 3 is 3.00 bits per heavy atom. The minimum absolute atomic E-state index is 0.507. The summed E-state index contributed by atoms with van der Waals surface area (Å²) in [6, 6.07) is 1.40. The highest BCUT2D eigenvalue weighted by molar-refractivity contribution is 5.78. The zero-order valence-electron chi connectivity index (χ0n) is 9.60. The van der Waals surface area contributed by atoms with E-state index >= 15 is 0 Å². The molecule has 1 aromatic heterocycles. The lowest BCUT2D eigenvalue weighted by Gasteiger charge is -2.25. The molecule has 1 aromatic rings. The van der Waals surface area contributed by atoms with Crippen LogP contribution >= 0.6 is 0 Å². The molecule has 0 aliphatic heterocycles. The maximum absolute atomic E-state index is 11.0. The second-order valence-corrected chi connectivity index (χ2v) is 4.23. The fourth-order valence-electron chi connectivity index (χ4n) is 2.15. The SMILES string of the molecule is CC(C(=O)O)N(C)c1ccnc2c1CCC2. The third-order valence-electron chi connectivity index (χ3n) is 3.28. The van der Waals surface area contributed by atoms with Gasteiger partial charge in [0.15, 0.2) is 0 Å². The van der Waals surface area contributed by atoms with Crippen LogP contribution in [0.25, 0.3) is 0 Å². The molecular formula is C12H16N2O2. The van der Waals surface area contributed by atoms with Crippen molar-refractivity contribution in [3.63, 3.8) is 0 Å². The number of pyridine rings is 1. The fourth-order valence-corrected chi connectivity index (χ4v) is 2.15. The number of aryl methyl sites for hydroxylation is 1. The number of rotatable bonds is 3. The van der Waals surface area contributed by atoms with Crippen LogP contribution in [0.1, 0.15) is 24.6 Å².